The van der Waals surface area contributed by atoms with Crippen LogP contribution < -0.4 is 5.73 Å². The molecule has 0 aromatic carbocycles. The Bertz CT molecular complexity index is 215. The Morgan fingerprint density at radius 2 is 2.38 bits per heavy atom. The lowest BCUT2D eigenvalue weighted by Gasteiger charge is -2.25. The lowest BCUT2D eigenvalue weighted by atomic mass is 10.1. The van der Waals surface area contributed by atoms with Gasteiger partial charge in [0.25, 0.3) is 0 Å². The minimum Gasteiger partial charge on any atom is -0.376 e. The van der Waals surface area contributed by atoms with Gasteiger partial charge in [-0.15, -0.1) is 0 Å². The number of carbonyl (C=O) groups excluding carboxylic acids is 1. The molecule has 0 radical (unpaired) electrons. The second-order valence-corrected chi connectivity index (χ2v) is 4.61. The summed E-state index contributed by atoms with van der Waals surface area (Å²) < 4.78 is 5.55. The summed E-state index contributed by atoms with van der Waals surface area (Å²) in [6.07, 6.45) is 3.00. The van der Waals surface area contributed by atoms with Gasteiger partial charge in [-0.25, -0.2) is 0 Å². The molecule has 0 aromatic rings. The Hall–Kier alpha value is -0.610. The van der Waals surface area contributed by atoms with Crippen LogP contribution in [0.5, 0.6) is 0 Å². The zero-order chi connectivity index (χ0) is 12.0. The van der Waals surface area contributed by atoms with E-state index in [1.807, 2.05) is 18.7 Å². The first-order valence-electron chi connectivity index (χ1n) is 6.26. The number of nitrogens with zero attached hydrogens (tertiary/aromatic N) is 1. The number of hydrogen-bond acceptors (Lipinski definition) is 3. The van der Waals surface area contributed by atoms with Crippen molar-refractivity contribution in [2.45, 2.75) is 39.2 Å². The molecule has 1 aliphatic heterocycles. The molecule has 94 valence electrons. The van der Waals surface area contributed by atoms with Crippen molar-refractivity contribution in [3.63, 3.8) is 0 Å². The van der Waals surface area contributed by atoms with Gasteiger partial charge in [-0.05, 0) is 32.2 Å². The molecule has 4 nitrogen and oxygen atoms in total. The minimum atomic E-state index is 0.205. The lowest BCUT2D eigenvalue weighted by molar-refractivity contribution is -0.133. The van der Waals surface area contributed by atoms with Crippen LogP contribution in [-0.2, 0) is 9.53 Å². The van der Waals surface area contributed by atoms with Gasteiger partial charge in [0.15, 0.2) is 0 Å². The molecule has 0 saturated carbocycles. The second-order valence-electron chi connectivity index (χ2n) is 4.61. The number of ether oxygens (including phenoxy) is 1. The largest absolute Gasteiger partial charge is 0.376 e. The SMILES string of the molecule is CCN(CC1CCCO1)C(=O)CC(C)CN. The van der Waals surface area contributed by atoms with Crippen LogP contribution >= 0.6 is 0 Å². The number of likely N-dealkylation sites (N-methyl/N-ethyl adjacent to an activating group) is 1. The molecule has 2 N–H and O–H groups in total. The lowest BCUT2D eigenvalue weighted by Crippen LogP contribution is -2.38. The predicted molar refractivity (Wildman–Crippen MR) is 64.1 cm³/mol. The van der Waals surface area contributed by atoms with E-state index in [0.717, 1.165) is 32.5 Å². The quantitative estimate of drug-likeness (QED) is 0.738. The average Bonchev–Trinajstić information content (AvgIpc) is 2.78. The molecule has 0 bridgehead atoms. The van der Waals surface area contributed by atoms with E-state index in [0.29, 0.717) is 13.0 Å². The Labute approximate surface area is 98.1 Å². The first kappa shape index (κ1) is 13.5. The van der Waals surface area contributed by atoms with Gasteiger partial charge in [0.05, 0.1) is 6.10 Å². The summed E-state index contributed by atoms with van der Waals surface area (Å²) in [6.45, 7) is 6.94. The topological polar surface area (TPSA) is 55.6 Å². The molecule has 1 heterocycles. The van der Waals surface area contributed by atoms with E-state index in [1.54, 1.807) is 0 Å². The number of rotatable bonds is 6. The molecule has 0 aromatic heterocycles. The molecule has 0 spiro atoms. The summed E-state index contributed by atoms with van der Waals surface area (Å²) in [5, 5.41) is 0. The first-order valence-corrected chi connectivity index (χ1v) is 6.26. The van der Waals surface area contributed by atoms with Gasteiger partial charge < -0.3 is 15.4 Å². The molecule has 1 amide bonds. The van der Waals surface area contributed by atoms with Crippen molar-refractivity contribution in [2.24, 2.45) is 11.7 Å². The molecular weight excluding hydrogens is 204 g/mol. The van der Waals surface area contributed by atoms with Crippen molar-refractivity contribution < 1.29 is 9.53 Å². The summed E-state index contributed by atoms with van der Waals surface area (Å²) in [6, 6.07) is 0. The fourth-order valence-corrected chi connectivity index (χ4v) is 1.95. The third-order valence-electron chi connectivity index (χ3n) is 3.11. The fourth-order valence-electron chi connectivity index (χ4n) is 1.95. The highest BCUT2D eigenvalue weighted by atomic mass is 16.5. The molecular formula is C12H24N2O2. The van der Waals surface area contributed by atoms with Gasteiger partial charge >= 0.3 is 0 Å². The maximum absolute atomic E-state index is 11.9. The third kappa shape index (κ3) is 4.10. The van der Waals surface area contributed by atoms with E-state index in [4.69, 9.17) is 10.5 Å². The van der Waals surface area contributed by atoms with Crippen molar-refractivity contribution in [2.75, 3.05) is 26.2 Å². The van der Waals surface area contributed by atoms with Crippen LogP contribution in [0.1, 0.15) is 33.1 Å². The highest BCUT2D eigenvalue weighted by Gasteiger charge is 2.22. The molecule has 1 rings (SSSR count). The van der Waals surface area contributed by atoms with Crippen molar-refractivity contribution in [3.8, 4) is 0 Å². The molecule has 0 aliphatic carbocycles. The van der Waals surface area contributed by atoms with Gasteiger partial charge in [0, 0.05) is 26.1 Å². The van der Waals surface area contributed by atoms with Crippen molar-refractivity contribution >= 4 is 5.91 Å². The standard InChI is InChI=1S/C12H24N2O2/c1-3-14(9-11-5-4-6-16-11)12(15)7-10(2)8-13/h10-11H,3-9,13H2,1-2H3. The van der Waals surface area contributed by atoms with E-state index in [-0.39, 0.29) is 17.9 Å². The molecule has 2 unspecified atom stereocenters. The maximum atomic E-state index is 11.9. The van der Waals surface area contributed by atoms with Crippen LogP contribution in [0.25, 0.3) is 0 Å². The number of carbonyl (C=O) groups is 1. The Morgan fingerprint density at radius 1 is 1.62 bits per heavy atom. The van der Waals surface area contributed by atoms with E-state index in [9.17, 15) is 4.79 Å². The van der Waals surface area contributed by atoms with Crippen LogP contribution in [0.3, 0.4) is 0 Å². The van der Waals surface area contributed by atoms with Crippen LogP contribution in [0, 0.1) is 5.92 Å². The van der Waals surface area contributed by atoms with Crippen molar-refractivity contribution in [1.82, 2.24) is 4.90 Å². The van der Waals surface area contributed by atoms with Crippen molar-refractivity contribution in [3.05, 3.63) is 0 Å². The number of amides is 1. The maximum Gasteiger partial charge on any atom is 0.222 e. The van der Waals surface area contributed by atoms with Crippen LogP contribution in [0.15, 0.2) is 0 Å². The van der Waals surface area contributed by atoms with Gasteiger partial charge in [-0.2, -0.15) is 0 Å². The zero-order valence-corrected chi connectivity index (χ0v) is 10.4. The van der Waals surface area contributed by atoms with E-state index in [2.05, 4.69) is 0 Å². The predicted octanol–water partition coefficient (Wildman–Crippen LogP) is 0.999. The van der Waals surface area contributed by atoms with Gasteiger partial charge in [0.2, 0.25) is 5.91 Å². The Kier molecular flexibility index (Phi) is 5.77. The minimum absolute atomic E-state index is 0.205. The Morgan fingerprint density at radius 3 is 2.88 bits per heavy atom. The monoisotopic (exact) mass is 228 g/mol. The number of hydrogen-bond donors (Lipinski definition) is 1. The van der Waals surface area contributed by atoms with Crippen LogP contribution in [0.4, 0.5) is 0 Å². The molecule has 1 saturated heterocycles. The van der Waals surface area contributed by atoms with Crippen LogP contribution in [-0.4, -0.2) is 43.2 Å². The molecule has 1 fully saturated rings. The molecule has 1 aliphatic rings. The van der Waals surface area contributed by atoms with Gasteiger partial charge in [-0.1, -0.05) is 6.92 Å². The summed E-state index contributed by atoms with van der Waals surface area (Å²) in [7, 11) is 0. The van der Waals surface area contributed by atoms with E-state index in [1.165, 1.54) is 0 Å². The van der Waals surface area contributed by atoms with Crippen molar-refractivity contribution in [1.29, 1.82) is 0 Å². The van der Waals surface area contributed by atoms with Gasteiger partial charge in [-0.3, -0.25) is 4.79 Å². The molecule has 16 heavy (non-hydrogen) atoms. The zero-order valence-electron chi connectivity index (χ0n) is 10.4. The molecule has 2 atom stereocenters. The number of nitrogens with two attached hydrogens (primary N) is 1. The second kappa shape index (κ2) is 6.86. The Balaban J connectivity index is 2.36. The first-order chi connectivity index (χ1) is 7.67. The van der Waals surface area contributed by atoms with E-state index < -0.39 is 0 Å². The van der Waals surface area contributed by atoms with E-state index >= 15 is 0 Å². The van der Waals surface area contributed by atoms with Crippen LogP contribution in [0.2, 0.25) is 0 Å². The third-order valence-corrected chi connectivity index (χ3v) is 3.11. The highest BCUT2D eigenvalue weighted by Crippen LogP contribution is 2.14. The average molecular weight is 228 g/mol. The fraction of sp³-hybridized carbons (Fsp3) is 0.917. The summed E-state index contributed by atoms with van der Waals surface area (Å²) >= 11 is 0. The highest BCUT2D eigenvalue weighted by molar-refractivity contribution is 5.76. The van der Waals surface area contributed by atoms with Gasteiger partial charge in [0.1, 0.15) is 0 Å². The summed E-state index contributed by atoms with van der Waals surface area (Å²) in [5.41, 5.74) is 5.53. The smallest absolute Gasteiger partial charge is 0.222 e. The summed E-state index contributed by atoms with van der Waals surface area (Å²) in [4.78, 5) is 13.8. The summed E-state index contributed by atoms with van der Waals surface area (Å²) in [5.74, 6) is 0.474. The molecule has 4 heteroatoms. The normalized spacial score (nSPS) is 22.1.